The highest BCUT2D eigenvalue weighted by Gasteiger charge is 2.18. The van der Waals surface area contributed by atoms with Gasteiger partial charge in [0, 0.05) is 5.75 Å². The summed E-state index contributed by atoms with van der Waals surface area (Å²) in [6.45, 7) is 1.70. The minimum absolute atomic E-state index is 0.157. The van der Waals surface area contributed by atoms with Crippen molar-refractivity contribution < 1.29 is 13.5 Å². The van der Waals surface area contributed by atoms with E-state index in [4.69, 9.17) is 0 Å². The van der Waals surface area contributed by atoms with Crippen LogP contribution in [0.1, 0.15) is 51.9 Å². The highest BCUT2D eigenvalue weighted by molar-refractivity contribution is 7.91. The average molecular weight is 248 g/mol. The van der Waals surface area contributed by atoms with Crippen molar-refractivity contribution in [1.29, 1.82) is 0 Å². The van der Waals surface area contributed by atoms with E-state index < -0.39 is 9.84 Å². The Morgan fingerprint density at radius 2 is 1.94 bits per heavy atom. The van der Waals surface area contributed by atoms with Gasteiger partial charge in [-0.05, 0) is 31.6 Å². The van der Waals surface area contributed by atoms with Gasteiger partial charge >= 0.3 is 0 Å². The molecule has 2 atom stereocenters. The number of hydrogen-bond donors (Lipinski definition) is 1. The molecule has 1 aliphatic carbocycles. The molecule has 0 aromatic heterocycles. The Hall–Kier alpha value is -0.0900. The molecule has 0 radical (unpaired) electrons. The molecule has 16 heavy (non-hydrogen) atoms. The van der Waals surface area contributed by atoms with Crippen molar-refractivity contribution in [1.82, 2.24) is 0 Å². The summed E-state index contributed by atoms with van der Waals surface area (Å²) in [7, 11) is -2.81. The van der Waals surface area contributed by atoms with E-state index in [1.54, 1.807) is 6.92 Å². The summed E-state index contributed by atoms with van der Waals surface area (Å²) in [6.07, 6.45) is 6.80. The van der Waals surface area contributed by atoms with Crippen LogP contribution in [0.25, 0.3) is 0 Å². The van der Waals surface area contributed by atoms with Gasteiger partial charge in [0.25, 0.3) is 0 Å². The quantitative estimate of drug-likeness (QED) is 0.758. The van der Waals surface area contributed by atoms with E-state index in [1.807, 2.05) is 0 Å². The summed E-state index contributed by atoms with van der Waals surface area (Å²) in [5.74, 6) is 1.10. The van der Waals surface area contributed by atoms with Crippen LogP contribution in [-0.2, 0) is 9.84 Å². The number of sulfone groups is 1. The molecule has 0 bridgehead atoms. The smallest absolute Gasteiger partial charge is 0.150 e. The molecule has 1 rings (SSSR count). The van der Waals surface area contributed by atoms with Crippen LogP contribution in [0, 0.1) is 5.92 Å². The van der Waals surface area contributed by atoms with Crippen LogP contribution in [0.5, 0.6) is 0 Å². The van der Waals surface area contributed by atoms with E-state index in [0.717, 1.165) is 38.5 Å². The van der Waals surface area contributed by atoms with Gasteiger partial charge < -0.3 is 5.11 Å². The number of hydrogen-bond acceptors (Lipinski definition) is 3. The molecule has 1 N–H and O–H groups in total. The van der Waals surface area contributed by atoms with Gasteiger partial charge in [0.05, 0.1) is 11.9 Å². The largest absolute Gasteiger partial charge is 0.393 e. The molecular weight excluding hydrogens is 224 g/mol. The molecule has 0 aromatic rings. The third kappa shape index (κ3) is 5.30. The van der Waals surface area contributed by atoms with Crippen molar-refractivity contribution >= 4 is 9.84 Å². The molecule has 0 spiro atoms. The van der Waals surface area contributed by atoms with Crippen molar-refractivity contribution in [2.75, 3.05) is 11.5 Å². The van der Waals surface area contributed by atoms with E-state index in [-0.39, 0.29) is 11.9 Å². The Morgan fingerprint density at radius 3 is 2.62 bits per heavy atom. The van der Waals surface area contributed by atoms with Crippen molar-refractivity contribution in [3.8, 4) is 0 Å². The lowest BCUT2D eigenvalue weighted by Gasteiger charge is -2.15. The van der Waals surface area contributed by atoms with Crippen LogP contribution in [0.3, 0.4) is 0 Å². The second-order valence-corrected chi connectivity index (χ2v) is 7.39. The van der Waals surface area contributed by atoms with Gasteiger partial charge in [-0.25, -0.2) is 8.42 Å². The predicted octanol–water partition coefficient (Wildman–Crippen LogP) is 2.14. The van der Waals surface area contributed by atoms with E-state index in [1.165, 1.54) is 6.42 Å². The van der Waals surface area contributed by atoms with Crippen molar-refractivity contribution in [2.24, 2.45) is 5.92 Å². The normalized spacial score (nSPS) is 27.6. The zero-order valence-electron chi connectivity index (χ0n) is 10.2. The first-order valence-corrected chi connectivity index (χ1v) is 8.24. The molecule has 0 heterocycles. The Bertz CT molecular complexity index is 285. The van der Waals surface area contributed by atoms with Crippen molar-refractivity contribution in [2.45, 2.75) is 58.0 Å². The fourth-order valence-corrected chi connectivity index (χ4v) is 3.33. The minimum atomic E-state index is -2.81. The highest BCUT2D eigenvalue weighted by Crippen LogP contribution is 2.26. The molecule has 2 unspecified atom stereocenters. The number of rotatable bonds is 5. The van der Waals surface area contributed by atoms with Crippen LogP contribution in [-0.4, -0.2) is 31.1 Å². The third-order valence-electron chi connectivity index (χ3n) is 3.51. The molecule has 96 valence electrons. The highest BCUT2D eigenvalue weighted by atomic mass is 32.2. The van der Waals surface area contributed by atoms with E-state index in [9.17, 15) is 13.5 Å². The fraction of sp³-hybridized carbons (Fsp3) is 1.00. The zero-order chi connectivity index (χ0) is 12.0. The maximum absolute atomic E-state index is 11.3. The van der Waals surface area contributed by atoms with Crippen molar-refractivity contribution in [3.63, 3.8) is 0 Å². The summed E-state index contributed by atoms with van der Waals surface area (Å²) < 4.78 is 22.6. The van der Waals surface area contributed by atoms with Gasteiger partial charge in [0.15, 0.2) is 0 Å². The Morgan fingerprint density at radius 1 is 1.25 bits per heavy atom. The van der Waals surface area contributed by atoms with Crippen LogP contribution < -0.4 is 0 Å². The molecule has 0 saturated heterocycles. The second-order valence-electron chi connectivity index (χ2n) is 4.92. The summed E-state index contributed by atoms with van der Waals surface area (Å²) >= 11 is 0. The number of aliphatic hydroxyl groups is 1. The number of aliphatic hydroxyl groups excluding tert-OH is 1. The maximum atomic E-state index is 11.3. The van der Waals surface area contributed by atoms with Gasteiger partial charge in [0.1, 0.15) is 9.84 Å². The lowest BCUT2D eigenvalue weighted by molar-refractivity contribution is 0.139. The fourth-order valence-electron chi connectivity index (χ4n) is 2.43. The zero-order valence-corrected chi connectivity index (χ0v) is 11.0. The molecule has 0 amide bonds. The molecule has 1 saturated carbocycles. The van der Waals surface area contributed by atoms with Crippen LogP contribution in [0.4, 0.5) is 0 Å². The van der Waals surface area contributed by atoms with Gasteiger partial charge in [-0.2, -0.15) is 0 Å². The standard InChI is InChI=1S/C12H24O3S/c1-2-16(14,15)9-5-7-11-6-3-4-8-12(13)10-11/h11-13H,2-10H2,1H3. The Kier molecular flexibility index (Phi) is 5.76. The second kappa shape index (κ2) is 6.60. The first-order valence-electron chi connectivity index (χ1n) is 6.42. The molecule has 1 fully saturated rings. The summed E-state index contributed by atoms with van der Waals surface area (Å²) in [5, 5.41) is 9.65. The van der Waals surface area contributed by atoms with Gasteiger partial charge in [-0.3, -0.25) is 0 Å². The Balaban J connectivity index is 2.26. The lowest BCUT2D eigenvalue weighted by atomic mass is 9.94. The molecule has 3 nitrogen and oxygen atoms in total. The van der Waals surface area contributed by atoms with Crippen LogP contribution in [0.2, 0.25) is 0 Å². The molecule has 0 aromatic carbocycles. The van der Waals surface area contributed by atoms with Gasteiger partial charge in [0.2, 0.25) is 0 Å². The predicted molar refractivity (Wildman–Crippen MR) is 66.1 cm³/mol. The first-order chi connectivity index (χ1) is 7.53. The SMILES string of the molecule is CCS(=O)(=O)CCCC1CCCCC(O)C1. The lowest BCUT2D eigenvalue weighted by Crippen LogP contribution is -2.13. The van der Waals surface area contributed by atoms with E-state index in [0.29, 0.717) is 11.7 Å². The van der Waals surface area contributed by atoms with Gasteiger partial charge in [-0.15, -0.1) is 0 Å². The van der Waals surface area contributed by atoms with E-state index >= 15 is 0 Å². The summed E-state index contributed by atoms with van der Waals surface area (Å²) in [5.41, 5.74) is 0. The molecule has 0 aliphatic heterocycles. The molecule has 1 aliphatic rings. The molecule has 4 heteroatoms. The summed E-state index contributed by atoms with van der Waals surface area (Å²) in [6, 6.07) is 0. The monoisotopic (exact) mass is 248 g/mol. The van der Waals surface area contributed by atoms with Crippen molar-refractivity contribution in [3.05, 3.63) is 0 Å². The topological polar surface area (TPSA) is 54.4 Å². The first kappa shape index (κ1) is 14.0. The van der Waals surface area contributed by atoms with Gasteiger partial charge in [-0.1, -0.05) is 26.2 Å². The average Bonchev–Trinajstić information content (AvgIpc) is 2.43. The minimum Gasteiger partial charge on any atom is -0.393 e. The molecular formula is C12H24O3S. The Labute approximate surface area is 99.2 Å². The third-order valence-corrected chi connectivity index (χ3v) is 5.30. The maximum Gasteiger partial charge on any atom is 0.150 e. The van der Waals surface area contributed by atoms with E-state index in [2.05, 4.69) is 0 Å². The van der Waals surface area contributed by atoms with Crippen LogP contribution in [0.15, 0.2) is 0 Å². The summed E-state index contributed by atoms with van der Waals surface area (Å²) in [4.78, 5) is 0. The van der Waals surface area contributed by atoms with Crippen LogP contribution >= 0.6 is 0 Å².